The van der Waals surface area contributed by atoms with Gasteiger partial charge >= 0.3 is 0 Å². The van der Waals surface area contributed by atoms with Gasteiger partial charge in [0.1, 0.15) is 0 Å². The van der Waals surface area contributed by atoms with Gasteiger partial charge in [-0.05, 0) is 104 Å². The second kappa shape index (κ2) is 7.33. The van der Waals surface area contributed by atoms with E-state index in [1.54, 1.807) is 0 Å². The predicted molar refractivity (Wildman–Crippen MR) is 114 cm³/mol. The Balaban J connectivity index is 1.47. The Hall–Kier alpha value is -0.0400. The zero-order chi connectivity index (χ0) is 19.4. The van der Waals surface area contributed by atoms with Gasteiger partial charge in [0.25, 0.3) is 0 Å². The second-order valence-electron chi connectivity index (χ2n) is 12.3. The van der Waals surface area contributed by atoms with Crippen LogP contribution in [-0.4, -0.2) is 11.2 Å². The van der Waals surface area contributed by atoms with Crippen molar-refractivity contribution in [1.82, 2.24) is 0 Å². The maximum atomic E-state index is 10.4. The molecule has 0 unspecified atom stereocenters. The van der Waals surface area contributed by atoms with Crippen molar-refractivity contribution in [2.75, 3.05) is 0 Å². The first-order chi connectivity index (χ1) is 12.8. The molecule has 0 bridgehead atoms. The third kappa shape index (κ3) is 3.32. The van der Waals surface area contributed by atoms with Crippen molar-refractivity contribution in [2.45, 2.75) is 111 Å². The first-order valence-corrected chi connectivity index (χ1v) is 12.4. The van der Waals surface area contributed by atoms with E-state index in [0.717, 1.165) is 54.3 Å². The van der Waals surface area contributed by atoms with Crippen molar-refractivity contribution in [2.24, 2.45) is 52.3 Å². The van der Waals surface area contributed by atoms with Gasteiger partial charge in [0.05, 0.1) is 6.10 Å². The maximum absolute atomic E-state index is 10.4. The summed E-state index contributed by atoms with van der Waals surface area (Å²) < 4.78 is 0. The second-order valence-corrected chi connectivity index (χ2v) is 12.3. The van der Waals surface area contributed by atoms with E-state index in [2.05, 4.69) is 34.6 Å². The summed E-state index contributed by atoms with van der Waals surface area (Å²) in [5.74, 6) is 6.39. The highest BCUT2D eigenvalue weighted by atomic mass is 16.3. The van der Waals surface area contributed by atoms with Gasteiger partial charge in [0.15, 0.2) is 0 Å². The topological polar surface area (TPSA) is 20.2 Å². The van der Waals surface area contributed by atoms with Crippen LogP contribution in [-0.2, 0) is 0 Å². The molecular weight excluding hydrogens is 328 g/mol. The van der Waals surface area contributed by atoms with E-state index < -0.39 is 0 Å². The molecule has 1 N–H and O–H groups in total. The quantitative estimate of drug-likeness (QED) is 0.545. The Bertz CT molecular complexity index is 526. The number of aliphatic hydroxyl groups is 1. The normalized spacial score (nSPS) is 50.3. The van der Waals surface area contributed by atoms with Gasteiger partial charge in [-0.1, -0.05) is 53.9 Å². The molecule has 27 heavy (non-hydrogen) atoms. The molecule has 4 aliphatic carbocycles. The van der Waals surface area contributed by atoms with Crippen LogP contribution in [0.1, 0.15) is 105 Å². The Morgan fingerprint density at radius 3 is 2.37 bits per heavy atom. The SMILES string of the molecule is CC(C)CCC[C@H](C)[C@@H]1CC[C@H]2[C@H]3CC[C@H]4C[C@@H](O)C[C@]4(C)[C@@H]3CC[C@@]21C. The first kappa shape index (κ1) is 20.2. The summed E-state index contributed by atoms with van der Waals surface area (Å²) in [7, 11) is 0. The predicted octanol–water partition coefficient (Wildman–Crippen LogP) is 7.08. The van der Waals surface area contributed by atoms with E-state index in [4.69, 9.17) is 0 Å². The van der Waals surface area contributed by atoms with Gasteiger partial charge in [0.2, 0.25) is 0 Å². The molecule has 0 aromatic heterocycles. The van der Waals surface area contributed by atoms with E-state index in [-0.39, 0.29) is 6.10 Å². The highest BCUT2D eigenvalue weighted by molar-refractivity contribution is 5.10. The number of hydrogen-bond donors (Lipinski definition) is 1. The zero-order valence-electron chi connectivity index (χ0n) is 18.8. The summed E-state index contributed by atoms with van der Waals surface area (Å²) in [5.41, 5.74) is 1.06. The molecule has 9 atom stereocenters. The maximum Gasteiger partial charge on any atom is 0.0548 e. The van der Waals surface area contributed by atoms with Crippen molar-refractivity contribution in [3.63, 3.8) is 0 Å². The van der Waals surface area contributed by atoms with Crippen LogP contribution in [0.2, 0.25) is 0 Å². The third-order valence-corrected chi connectivity index (χ3v) is 10.5. The van der Waals surface area contributed by atoms with Crippen LogP contribution in [0.25, 0.3) is 0 Å². The molecule has 1 heteroatoms. The Morgan fingerprint density at radius 2 is 1.63 bits per heavy atom. The van der Waals surface area contributed by atoms with Crippen molar-refractivity contribution < 1.29 is 5.11 Å². The standard InChI is InChI=1S/C26H46O/c1-17(2)7-6-8-18(3)22-11-12-23-21-10-9-19-15-20(27)16-26(19,5)24(21)13-14-25(22,23)4/h17-24,27H,6-16H2,1-5H3/t18-,19-,20+,21+,22-,23-,24+,25+,26-/m0/s1. The minimum Gasteiger partial charge on any atom is -0.393 e. The summed E-state index contributed by atoms with van der Waals surface area (Å²) in [6.07, 6.45) is 15.2. The van der Waals surface area contributed by atoms with Crippen molar-refractivity contribution in [1.29, 1.82) is 0 Å². The highest BCUT2D eigenvalue weighted by Crippen LogP contribution is 2.68. The third-order valence-electron chi connectivity index (χ3n) is 10.5. The molecular formula is C26H46O. The van der Waals surface area contributed by atoms with Crippen LogP contribution in [0.4, 0.5) is 0 Å². The van der Waals surface area contributed by atoms with Crippen LogP contribution >= 0.6 is 0 Å². The van der Waals surface area contributed by atoms with Gasteiger partial charge in [-0.3, -0.25) is 0 Å². The molecule has 0 aliphatic heterocycles. The minimum atomic E-state index is -0.00985. The van der Waals surface area contributed by atoms with Crippen molar-refractivity contribution in [3.8, 4) is 0 Å². The van der Waals surface area contributed by atoms with Crippen LogP contribution in [0.5, 0.6) is 0 Å². The molecule has 4 fully saturated rings. The summed E-state index contributed by atoms with van der Waals surface area (Å²) in [6, 6.07) is 0. The molecule has 0 aromatic rings. The average molecular weight is 375 g/mol. The van der Waals surface area contributed by atoms with Crippen molar-refractivity contribution >= 4 is 0 Å². The van der Waals surface area contributed by atoms with Gasteiger partial charge in [-0.15, -0.1) is 0 Å². The van der Waals surface area contributed by atoms with E-state index in [9.17, 15) is 5.11 Å². The molecule has 4 rings (SSSR count). The fourth-order valence-corrected chi connectivity index (χ4v) is 9.18. The molecule has 4 saturated carbocycles. The largest absolute Gasteiger partial charge is 0.393 e. The molecule has 0 amide bonds. The molecule has 0 aromatic carbocycles. The van der Waals surface area contributed by atoms with Crippen LogP contribution < -0.4 is 0 Å². The van der Waals surface area contributed by atoms with Gasteiger partial charge < -0.3 is 5.11 Å². The fourth-order valence-electron chi connectivity index (χ4n) is 9.18. The molecule has 0 spiro atoms. The lowest BCUT2D eigenvalue weighted by Gasteiger charge is -2.58. The monoisotopic (exact) mass is 374 g/mol. The van der Waals surface area contributed by atoms with E-state index >= 15 is 0 Å². The van der Waals surface area contributed by atoms with Gasteiger partial charge in [0, 0.05) is 0 Å². The van der Waals surface area contributed by atoms with Crippen LogP contribution in [0.15, 0.2) is 0 Å². The summed E-state index contributed by atoms with van der Waals surface area (Å²) in [6.45, 7) is 12.6. The van der Waals surface area contributed by atoms with Gasteiger partial charge in [-0.2, -0.15) is 0 Å². The first-order valence-electron chi connectivity index (χ1n) is 12.4. The van der Waals surface area contributed by atoms with E-state index in [0.29, 0.717) is 10.8 Å². The Labute approximate surface area is 169 Å². The minimum absolute atomic E-state index is 0.00985. The summed E-state index contributed by atoms with van der Waals surface area (Å²) in [5, 5.41) is 10.4. The Kier molecular flexibility index (Phi) is 5.50. The summed E-state index contributed by atoms with van der Waals surface area (Å²) in [4.78, 5) is 0. The van der Waals surface area contributed by atoms with Gasteiger partial charge in [-0.25, -0.2) is 0 Å². The van der Waals surface area contributed by atoms with E-state index in [1.807, 2.05) is 0 Å². The van der Waals surface area contributed by atoms with E-state index in [1.165, 1.54) is 57.8 Å². The molecule has 0 heterocycles. The van der Waals surface area contributed by atoms with Crippen LogP contribution in [0, 0.1) is 52.3 Å². The lowest BCUT2D eigenvalue weighted by atomic mass is 9.47. The molecule has 0 radical (unpaired) electrons. The van der Waals surface area contributed by atoms with Crippen LogP contribution in [0.3, 0.4) is 0 Å². The fraction of sp³-hybridized carbons (Fsp3) is 1.00. The lowest BCUT2D eigenvalue weighted by Crippen LogP contribution is -2.50. The molecule has 4 aliphatic rings. The number of aliphatic hydroxyl groups excluding tert-OH is 1. The molecule has 1 nitrogen and oxygen atoms in total. The average Bonchev–Trinajstić information content (AvgIpc) is 3.09. The zero-order valence-corrected chi connectivity index (χ0v) is 18.8. The van der Waals surface area contributed by atoms with Crippen molar-refractivity contribution in [3.05, 3.63) is 0 Å². The Morgan fingerprint density at radius 1 is 0.889 bits per heavy atom. The highest BCUT2D eigenvalue weighted by Gasteiger charge is 2.61. The lowest BCUT2D eigenvalue weighted by molar-refractivity contribution is -0.0911. The smallest absolute Gasteiger partial charge is 0.0548 e. The molecule has 0 saturated heterocycles. The number of hydrogen-bond acceptors (Lipinski definition) is 1. The summed E-state index contributed by atoms with van der Waals surface area (Å²) >= 11 is 0. The number of fused-ring (bicyclic) bond motifs is 5. The number of rotatable bonds is 5. The molecule has 156 valence electrons.